The predicted octanol–water partition coefficient (Wildman–Crippen LogP) is 2.32. The first-order chi connectivity index (χ1) is 6.33. The molecule has 2 rings (SSSR count). The van der Waals surface area contributed by atoms with Gasteiger partial charge in [-0.3, -0.25) is 4.79 Å². The van der Waals surface area contributed by atoms with Crippen molar-refractivity contribution >= 4 is 29.0 Å². The molecule has 0 radical (unpaired) electrons. The Balaban J connectivity index is 2.34. The third kappa shape index (κ3) is 1.60. The molecule has 0 aromatic carbocycles. The number of thioether (sulfide) groups is 1. The lowest BCUT2D eigenvalue weighted by Crippen LogP contribution is -2.31. The Kier molecular flexibility index (Phi) is 2.60. The maximum atomic E-state index is 11.8. The fourth-order valence-corrected chi connectivity index (χ4v) is 3.49. The van der Waals surface area contributed by atoms with Crippen molar-refractivity contribution < 1.29 is 4.79 Å². The largest absolute Gasteiger partial charge is 0.338 e. The number of thiophene rings is 1. The Labute approximate surface area is 85.9 Å². The number of carbonyl (C=O) groups is 1. The second-order valence-electron chi connectivity index (χ2n) is 2.86. The Morgan fingerprint density at radius 3 is 3.23 bits per heavy atom. The second kappa shape index (κ2) is 3.72. The summed E-state index contributed by atoms with van der Waals surface area (Å²) in [6, 6.07) is 1.93. The van der Waals surface area contributed by atoms with Crippen LogP contribution in [0.1, 0.15) is 17.3 Å². The quantitative estimate of drug-likeness (QED) is 0.713. The summed E-state index contributed by atoms with van der Waals surface area (Å²) in [6.45, 7) is 3.72. The summed E-state index contributed by atoms with van der Waals surface area (Å²) in [6.07, 6.45) is 0. The van der Waals surface area contributed by atoms with E-state index in [2.05, 4.69) is 0 Å². The number of carbonyl (C=O) groups excluding carboxylic acids is 1. The molecule has 1 aromatic rings. The summed E-state index contributed by atoms with van der Waals surface area (Å²) in [5.41, 5.74) is 0.898. The molecule has 0 aliphatic carbocycles. The Morgan fingerprint density at radius 2 is 2.46 bits per heavy atom. The molecular weight excluding hydrogens is 202 g/mol. The zero-order valence-corrected chi connectivity index (χ0v) is 9.08. The third-order valence-corrected chi connectivity index (χ3v) is 4.34. The number of rotatable bonds is 1. The Hall–Kier alpha value is -0.480. The number of amides is 1. The van der Waals surface area contributed by atoms with Gasteiger partial charge in [-0.25, -0.2) is 0 Å². The van der Waals surface area contributed by atoms with Crippen LogP contribution in [-0.2, 0) is 0 Å². The molecule has 0 saturated carbocycles. The van der Waals surface area contributed by atoms with E-state index in [4.69, 9.17) is 0 Å². The molecule has 0 fully saturated rings. The SMILES string of the molecule is CCN1CCSc2sccc2C1=O. The second-order valence-corrected chi connectivity index (χ2v) is 5.13. The van der Waals surface area contributed by atoms with Crippen LogP contribution < -0.4 is 0 Å². The molecule has 70 valence electrons. The van der Waals surface area contributed by atoms with Crippen molar-refractivity contribution in [1.82, 2.24) is 4.90 Å². The van der Waals surface area contributed by atoms with Crippen LogP contribution in [0.15, 0.2) is 15.7 Å². The molecule has 2 heterocycles. The van der Waals surface area contributed by atoms with Crippen molar-refractivity contribution in [2.75, 3.05) is 18.8 Å². The minimum atomic E-state index is 0.198. The molecular formula is C9H11NOS2. The maximum Gasteiger partial charge on any atom is 0.255 e. The molecule has 1 aliphatic rings. The molecule has 1 aliphatic heterocycles. The number of fused-ring (bicyclic) bond motifs is 1. The van der Waals surface area contributed by atoms with Crippen LogP contribution in [0.25, 0.3) is 0 Å². The van der Waals surface area contributed by atoms with Gasteiger partial charge in [0.2, 0.25) is 0 Å². The van der Waals surface area contributed by atoms with Crippen LogP contribution in [-0.4, -0.2) is 29.6 Å². The van der Waals surface area contributed by atoms with Gasteiger partial charge < -0.3 is 4.90 Å². The maximum absolute atomic E-state index is 11.8. The first-order valence-electron chi connectivity index (χ1n) is 4.32. The lowest BCUT2D eigenvalue weighted by atomic mass is 10.3. The van der Waals surface area contributed by atoms with Crippen LogP contribution in [0, 0.1) is 0 Å². The summed E-state index contributed by atoms with van der Waals surface area (Å²) < 4.78 is 1.18. The van der Waals surface area contributed by atoms with Gasteiger partial charge in [0.25, 0.3) is 5.91 Å². The van der Waals surface area contributed by atoms with Gasteiger partial charge in [0.05, 0.1) is 9.77 Å². The lowest BCUT2D eigenvalue weighted by Gasteiger charge is -2.17. The van der Waals surface area contributed by atoms with E-state index in [1.807, 2.05) is 23.3 Å². The zero-order valence-electron chi connectivity index (χ0n) is 7.45. The molecule has 0 atom stereocenters. The minimum absolute atomic E-state index is 0.198. The highest BCUT2D eigenvalue weighted by Gasteiger charge is 2.21. The van der Waals surface area contributed by atoms with Crippen molar-refractivity contribution in [3.63, 3.8) is 0 Å². The minimum Gasteiger partial charge on any atom is -0.338 e. The predicted molar refractivity (Wildman–Crippen MR) is 56.6 cm³/mol. The van der Waals surface area contributed by atoms with E-state index >= 15 is 0 Å². The van der Waals surface area contributed by atoms with Crippen LogP contribution in [0.2, 0.25) is 0 Å². The van der Waals surface area contributed by atoms with Gasteiger partial charge in [-0.2, -0.15) is 0 Å². The summed E-state index contributed by atoms with van der Waals surface area (Å²) >= 11 is 3.47. The molecule has 4 heteroatoms. The van der Waals surface area contributed by atoms with Gasteiger partial charge >= 0.3 is 0 Å². The highest BCUT2D eigenvalue weighted by molar-refractivity contribution is 8.01. The highest BCUT2D eigenvalue weighted by atomic mass is 32.2. The summed E-state index contributed by atoms with van der Waals surface area (Å²) in [4.78, 5) is 13.8. The highest BCUT2D eigenvalue weighted by Crippen LogP contribution is 2.31. The van der Waals surface area contributed by atoms with E-state index in [0.717, 1.165) is 24.4 Å². The van der Waals surface area contributed by atoms with Crippen LogP contribution in [0.3, 0.4) is 0 Å². The van der Waals surface area contributed by atoms with Crippen LogP contribution in [0.4, 0.5) is 0 Å². The van der Waals surface area contributed by atoms with Gasteiger partial charge in [0, 0.05) is 18.8 Å². The average molecular weight is 213 g/mol. The number of hydrogen-bond acceptors (Lipinski definition) is 3. The zero-order chi connectivity index (χ0) is 9.26. The molecule has 0 unspecified atom stereocenters. The summed E-state index contributed by atoms with van der Waals surface area (Å²) in [5.74, 6) is 1.22. The normalized spacial score (nSPS) is 17.0. The fraction of sp³-hybridized carbons (Fsp3) is 0.444. The topological polar surface area (TPSA) is 20.3 Å². The van der Waals surface area contributed by atoms with Gasteiger partial charge in [-0.15, -0.1) is 23.1 Å². The number of hydrogen-bond donors (Lipinski definition) is 0. The van der Waals surface area contributed by atoms with Crippen LogP contribution in [0.5, 0.6) is 0 Å². The number of nitrogens with zero attached hydrogens (tertiary/aromatic N) is 1. The molecule has 13 heavy (non-hydrogen) atoms. The van der Waals surface area contributed by atoms with E-state index in [1.54, 1.807) is 23.1 Å². The van der Waals surface area contributed by atoms with Crippen LogP contribution >= 0.6 is 23.1 Å². The van der Waals surface area contributed by atoms with Gasteiger partial charge in [0.1, 0.15) is 0 Å². The van der Waals surface area contributed by atoms with Crippen molar-refractivity contribution in [1.29, 1.82) is 0 Å². The third-order valence-electron chi connectivity index (χ3n) is 2.12. The fourth-order valence-electron chi connectivity index (χ4n) is 1.39. The first-order valence-corrected chi connectivity index (χ1v) is 6.19. The van der Waals surface area contributed by atoms with Crippen molar-refractivity contribution in [3.8, 4) is 0 Å². The lowest BCUT2D eigenvalue weighted by molar-refractivity contribution is 0.0774. The van der Waals surface area contributed by atoms with Crippen molar-refractivity contribution in [2.24, 2.45) is 0 Å². The first kappa shape index (κ1) is 9.09. The molecule has 0 N–H and O–H groups in total. The van der Waals surface area contributed by atoms with Gasteiger partial charge in [-0.05, 0) is 18.4 Å². The van der Waals surface area contributed by atoms with Gasteiger partial charge in [0.15, 0.2) is 0 Å². The standard InChI is InChI=1S/C9H11NOS2/c1-2-10-4-6-13-9-7(8(10)11)3-5-12-9/h3,5H,2,4,6H2,1H3. The Morgan fingerprint density at radius 1 is 1.62 bits per heavy atom. The smallest absolute Gasteiger partial charge is 0.255 e. The Bertz CT molecular complexity index is 321. The summed E-state index contributed by atoms with van der Waals surface area (Å²) in [5, 5.41) is 1.99. The van der Waals surface area contributed by atoms with E-state index in [0.29, 0.717) is 0 Å². The van der Waals surface area contributed by atoms with E-state index in [-0.39, 0.29) is 5.91 Å². The molecule has 0 spiro atoms. The molecule has 0 saturated heterocycles. The van der Waals surface area contributed by atoms with Crippen molar-refractivity contribution in [3.05, 3.63) is 17.0 Å². The van der Waals surface area contributed by atoms with Crippen molar-refractivity contribution in [2.45, 2.75) is 11.1 Å². The summed E-state index contributed by atoms with van der Waals surface area (Å²) in [7, 11) is 0. The molecule has 0 bridgehead atoms. The van der Waals surface area contributed by atoms with E-state index in [9.17, 15) is 4.79 Å². The molecule has 1 aromatic heterocycles. The molecule has 2 nitrogen and oxygen atoms in total. The van der Waals surface area contributed by atoms with Gasteiger partial charge in [-0.1, -0.05) is 0 Å². The monoisotopic (exact) mass is 213 g/mol. The molecule has 1 amide bonds. The van der Waals surface area contributed by atoms with E-state index in [1.165, 1.54) is 4.21 Å². The van der Waals surface area contributed by atoms with E-state index < -0.39 is 0 Å². The average Bonchev–Trinajstić information content (AvgIpc) is 2.54.